The number of hydrogen-bond acceptors (Lipinski definition) is 5. The van der Waals surface area contributed by atoms with Crippen molar-refractivity contribution in [2.75, 3.05) is 13.3 Å². The Bertz CT molecular complexity index is 1470. The molecule has 0 saturated heterocycles. The molecular formula is C33H32Cl4N4O2. The standard InChI is InChI=1S/C32H31Cl4N4.CH2O2/c33-28-9-1-24(2-10-28)17-37-22-39(19-26-5-13-30(35)14-6-26)32-21-38(18-25-3-11-29(34)12-4-25)23-40(32)20-27-7-15-31(36)16-8-27;2-1-3/h1-16,21,32,37H,17-20,22-23H2;1H,(H,2,3)/q+1;/p-1. The molecule has 0 fully saturated rings. The van der Waals surface area contributed by atoms with Crippen molar-refractivity contribution < 1.29 is 14.5 Å². The zero-order chi connectivity index (χ0) is 30.6. The van der Waals surface area contributed by atoms with Gasteiger partial charge in [-0.15, -0.1) is 0 Å². The van der Waals surface area contributed by atoms with E-state index in [0.29, 0.717) is 6.67 Å². The third kappa shape index (κ3) is 10.6. The fourth-order valence-corrected chi connectivity index (χ4v) is 5.38. The van der Waals surface area contributed by atoms with Crippen LogP contribution in [0.5, 0.6) is 0 Å². The van der Waals surface area contributed by atoms with Crippen LogP contribution in [-0.4, -0.2) is 46.6 Å². The summed E-state index contributed by atoms with van der Waals surface area (Å²) in [5.74, 6) is 0. The number of nitrogens with one attached hydrogen (secondary N) is 1. The van der Waals surface area contributed by atoms with Crippen molar-refractivity contribution in [1.29, 1.82) is 0 Å². The summed E-state index contributed by atoms with van der Waals surface area (Å²) in [5.41, 5.74) is 4.83. The molecule has 4 aromatic carbocycles. The second-order valence-corrected chi connectivity index (χ2v) is 11.9. The van der Waals surface area contributed by atoms with Crippen molar-refractivity contribution >= 4 is 59.1 Å². The number of carbonyl (C=O) groups is 1. The van der Waals surface area contributed by atoms with Gasteiger partial charge >= 0.3 is 0 Å². The molecule has 10 heteroatoms. The minimum atomic E-state index is -0.500. The largest absolute Gasteiger partial charge is 0.554 e. The third-order valence-corrected chi connectivity index (χ3v) is 7.92. The summed E-state index contributed by atoms with van der Waals surface area (Å²) >= 11 is 24.6. The van der Waals surface area contributed by atoms with Gasteiger partial charge in [0.25, 0.3) is 0 Å². The van der Waals surface area contributed by atoms with Crippen molar-refractivity contribution in [2.45, 2.75) is 32.3 Å². The number of halogens is 4. The lowest BCUT2D eigenvalue weighted by Gasteiger charge is -2.31. The molecule has 0 bridgehead atoms. The van der Waals surface area contributed by atoms with Crippen LogP contribution in [0.4, 0.5) is 0 Å². The summed E-state index contributed by atoms with van der Waals surface area (Å²) in [6.45, 7) is 4.09. The number of nitrogens with zero attached hydrogens (tertiary/aromatic N) is 3. The Kier molecular flexibility index (Phi) is 12.9. The SMILES string of the molecule is Clc1ccc(CNCN(Cc2ccc(Cl)cc2)C2C=[N+](Cc3ccc(Cl)cc3)CN2Cc2ccc(Cl)cc2)cc1.O=C[O-]. The topological polar surface area (TPSA) is 61.7 Å². The molecule has 0 aliphatic carbocycles. The van der Waals surface area contributed by atoms with Gasteiger partial charge in [-0.25, -0.2) is 9.48 Å². The summed E-state index contributed by atoms with van der Waals surface area (Å²) in [5, 5.41) is 14.9. The highest BCUT2D eigenvalue weighted by molar-refractivity contribution is 6.31. The summed E-state index contributed by atoms with van der Waals surface area (Å²) in [6, 6.07) is 32.2. The molecule has 43 heavy (non-hydrogen) atoms. The molecule has 0 saturated carbocycles. The van der Waals surface area contributed by atoms with Gasteiger partial charge in [0.1, 0.15) is 6.17 Å². The second kappa shape index (κ2) is 16.8. The fraction of sp³-hybridized carbons (Fsp3) is 0.212. The first-order valence-electron chi connectivity index (χ1n) is 13.6. The van der Waals surface area contributed by atoms with Gasteiger partial charge in [-0.05, 0) is 65.2 Å². The van der Waals surface area contributed by atoms with Crippen LogP contribution in [-0.2, 0) is 31.0 Å². The fourth-order valence-electron chi connectivity index (χ4n) is 4.88. The molecule has 0 radical (unpaired) electrons. The average molecular weight is 658 g/mol. The third-order valence-electron chi connectivity index (χ3n) is 6.91. The molecule has 1 unspecified atom stereocenters. The van der Waals surface area contributed by atoms with E-state index in [-0.39, 0.29) is 6.17 Å². The lowest BCUT2D eigenvalue weighted by Crippen LogP contribution is -2.49. The van der Waals surface area contributed by atoms with Crippen molar-refractivity contribution in [2.24, 2.45) is 0 Å². The minimum Gasteiger partial charge on any atom is -0.554 e. The minimum absolute atomic E-state index is 0.0661. The maximum atomic E-state index is 8.25. The maximum absolute atomic E-state index is 8.25. The number of hydrogen-bond donors (Lipinski definition) is 1. The molecule has 0 aromatic heterocycles. The summed E-state index contributed by atoms with van der Waals surface area (Å²) in [7, 11) is 0. The van der Waals surface area contributed by atoms with E-state index in [9.17, 15) is 0 Å². The lowest BCUT2D eigenvalue weighted by molar-refractivity contribution is -0.548. The highest BCUT2D eigenvalue weighted by atomic mass is 35.5. The molecule has 1 atom stereocenters. The highest BCUT2D eigenvalue weighted by Gasteiger charge is 2.35. The zero-order valence-corrected chi connectivity index (χ0v) is 26.4. The Labute approximate surface area is 272 Å². The van der Waals surface area contributed by atoms with E-state index < -0.39 is 6.47 Å². The first-order valence-corrected chi connectivity index (χ1v) is 15.2. The van der Waals surface area contributed by atoms with Gasteiger partial charge in [-0.3, -0.25) is 4.90 Å². The first kappa shape index (κ1) is 33.0. The maximum Gasteiger partial charge on any atom is 0.201 e. The lowest BCUT2D eigenvalue weighted by atomic mass is 10.2. The molecule has 6 nitrogen and oxygen atoms in total. The second-order valence-electron chi connectivity index (χ2n) is 10.1. The van der Waals surface area contributed by atoms with Gasteiger partial charge in [0, 0.05) is 51.8 Å². The van der Waals surface area contributed by atoms with E-state index in [2.05, 4.69) is 74.4 Å². The van der Waals surface area contributed by atoms with Gasteiger partial charge in [0.2, 0.25) is 6.67 Å². The number of carboxylic acid groups (broad SMARTS) is 1. The van der Waals surface area contributed by atoms with Crippen LogP contribution in [0.25, 0.3) is 0 Å². The van der Waals surface area contributed by atoms with Crippen molar-refractivity contribution in [1.82, 2.24) is 15.1 Å². The van der Waals surface area contributed by atoms with Crippen LogP contribution in [0.2, 0.25) is 20.1 Å². The Morgan fingerprint density at radius 2 is 1.19 bits per heavy atom. The van der Waals surface area contributed by atoms with Crippen molar-refractivity contribution in [3.05, 3.63) is 139 Å². The van der Waals surface area contributed by atoms with E-state index in [1.165, 1.54) is 22.3 Å². The number of rotatable bonds is 11. The summed E-state index contributed by atoms with van der Waals surface area (Å²) in [6.07, 6.45) is 2.40. The van der Waals surface area contributed by atoms with E-state index in [1.807, 2.05) is 48.5 Å². The Hall–Kier alpha value is -2.94. The zero-order valence-electron chi connectivity index (χ0n) is 23.4. The quantitative estimate of drug-likeness (QED) is 0.117. The smallest absolute Gasteiger partial charge is 0.201 e. The highest BCUT2D eigenvalue weighted by Crippen LogP contribution is 2.21. The molecule has 1 heterocycles. The molecule has 5 rings (SSSR count). The van der Waals surface area contributed by atoms with Gasteiger partial charge in [-0.2, -0.15) is 0 Å². The van der Waals surface area contributed by atoms with E-state index in [4.69, 9.17) is 56.3 Å². The van der Waals surface area contributed by atoms with E-state index in [1.54, 1.807) is 0 Å². The molecule has 224 valence electrons. The van der Waals surface area contributed by atoms with Gasteiger partial charge in [0.15, 0.2) is 12.8 Å². The predicted molar refractivity (Wildman–Crippen MR) is 173 cm³/mol. The first-order chi connectivity index (χ1) is 20.8. The molecule has 0 spiro atoms. The molecular weight excluding hydrogens is 626 g/mol. The molecule has 1 N–H and O–H groups in total. The van der Waals surface area contributed by atoms with Crippen LogP contribution in [0.15, 0.2) is 97.1 Å². The monoisotopic (exact) mass is 656 g/mol. The normalized spacial score (nSPS) is 14.7. The van der Waals surface area contributed by atoms with Crippen LogP contribution in [0.1, 0.15) is 22.3 Å². The van der Waals surface area contributed by atoms with Crippen molar-refractivity contribution in [3.63, 3.8) is 0 Å². The van der Waals surface area contributed by atoms with Gasteiger partial charge < -0.3 is 15.2 Å². The van der Waals surface area contributed by atoms with Crippen LogP contribution >= 0.6 is 46.4 Å². The predicted octanol–water partition coefficient (Wildman–Crippen LogP) is 6.30. The van der Waals surface area contributed by atoms with Gasteiger partial charge in [-0.1, -0.05) is 94.9 Å². The summed E-state index contributed by atoms with van der Waals surface area (Å²) < 4.78 is 2.37. The van der Waals surface area contributed by atoms with E-state index in [0.717, 1.165) is 52.9 Å². The number of benzene rings is 4. The molecule has 4 aromatic rings. The van der Waals surface area contributed by atoms with Crippen LogP contribution < -0.4 is 10.4 Å². The molecule has 1 aliphatic rings. The van der Waals surface area contributed by atoms with Crippen LogP contribution in [0.3, 0.4) is 0 Å². The van der Waals surface area contributed by atoms with Gasteiger partial charge in [0.05, 0.1) is 6.67 Å². The van der Waals surface area contributed by atoms with E-state index >= 15 is 0 Å². The van der Waals surface area contributed by atoms with Crippen molar-refractivity contribution in [3.8, 4) is 0 Å². The Morgan fingerprint density at radius 1 is 0.744 bits per heavy atom. The molecule has 0 amide bonds. The summed E-state index contributed by atoms with van der Waals surface area (Å²) in [4.78, 5) is 13.2. The number of carbonyl (C=O) groups excluding carboxylic acids is 1. The Morgan fingerprint density at radius 3 is 1.70 bits per heavy atom. The average Bonchev–Trinajstić information content (AvgIpc) is 3.39. The Balaban J connectivity index is 0.00000135. The molecule has 1 aliphatic heterocycles. The van der Waals surface area contributed by atoms with Crippen LogP contribution in [0, 0.1) is 0 Å².